The Balaban J connectivity index is 1.16. The van der Waals surface area contributed by atoms with E-state index in [-0.39, 0.29) is 25.0 Å². The number of carbonyl (C=O) groups excluding carboxylic acids is 2. The van der Waals surface area contributed by atoms with Gasteiger partial charge in [0.15, 0.2) is 11.5 Å². The van der Waals surface area contributed by atoms with Gasteiger partial charge in [0.05, 0.1) is 17.5 Å². The van der Waals surface area contributed by atoms with E-state index in [2.05, 4.69) is 16.4 Å². The third-order valence-electron chi connectivity index (χ3n) is 7.00. The Labute approximate surface area is 211 Å². The molecule has 0 fully saturated rings. The molecule has 1 atom stereocenters. The van der Waals surface area contributed by atoms with Crippen LogP contribution in [0.5, 0.6) is 11.5 Å². The third kappa shape index (κ3) is 3.58. The van der Waals surface area contributed by atoms with E-state index in [0.717, 1.165) is 27.5 Å². The minimum Gasteiger partial charge on any atom is -0.454 e. The van der Waals surface area contributed by atoms with Crippen LogP contribution in [0.25, 0.3) is 21.9 Å². The van der Waals surface area contributed by atoms with Gasteiger partial charge < -0.3 is 19.8 Å². The van der Waals surface area contributed by atoms with Crippen molar-refractivity contribution in [3.63, 3.8) is 0 Å². The van der Waals surface area contributed by atoms with E-state index in [4.69, 9.17) is 14.5 Å². The Morgan fingerprint density at radius 1 is 1.05 bits per heavy atom. The van der Waals surface area contributed by atoms with Gasteiger partial charge in [0.25, 0.3) is 5.91 Å². The fourth-order valence-electron chi connectivity index (χ4n) is 5.24. The SMILES string of the molecule is O=C(C[C@@H]1C(=O)N(CCc2c[nH]c3ccccc23)c2nc3ccccc3n21)Nc1ccc2c(c1)OCO2. The summed E-state index contributed by atoms with van der Waals surface area (Å²) in [5, 5.41) is 4.04. The Bertz CT molecular complexity index is 1690. The topological polar surface area (TPSA) is 101 Å². The number of benzene rings is 3. The van der Waals surface area contributed by atoms with Crippen molar-refractivity contribution in [3.05, 3.63) is 78.5 Å². The maximum Gasteiger partial charge on any atom is 0.253 e. The highest BCUT2D eigenvalue weighted by molar-refractivity contribution is 6.05. The first-order valence-electron chi connectivity index (χ1n) is 12.2. The molecule has 2 aromatic heterocycles. The minimum absolute atomic E-state index is 0.00971. The molecule has 37 heavy (non-hydrogen) atoms. The van der Waals surface area contributed by atoms with Crippen LogP contribution < -0.4 is 19.7 Å². The second-order valence-electron chi connectivity index (χ2n) is 9.21. The first kappa shape index (κ1) is 21.5. The molecule has 0 radical (unpaired) electrons. The molecule has 0 aliphatic carbocycles. The van der Waals surface area contributed by atoms with Gasteiger partial charge in [-0.3, -0.25) is 19.1 Å². The Morgan fingerprint density at radius 2 is 1.89 bits per heavy atom. The van der Waals surface area contributed by atoms with Crippen LogP contribution in [0.3, 0.4) is 0 Å². The molecule has 9 nitrogen and oxygen atoms in total. The maximum absolute atomic E-state index is 13.7. The maximum atomic E-state index is 13.7. The molecule has 0 unspecified atom stereocenters. The smallest absolute Gasteiger partial charge is 0.253 e. The third-order valence-corrected chi connectivity index (χ3v) is 7.00. The van der Waals surface area contributed by atoms with Gasteiger partial charge in [0.1, 0.15) is 6.04 Å². The number of ether oxygens (including phenoxy) is 2. The molecule has 5 aromatic rings. The quantitative estimate of drug-likeness (QED) is 0.365. The summed E-state index contributed by atoms with van der Waals surface area (Å²) in [6.07, 6.45) is 2.64. The van der Waals surface area contributed by atoms with E-state index in [1.807, 2.05) is 53.2 Å². The fraction of sp³-hybridized carbons (Fsp3) is 0.179. The molecule has 0 saturated heterocycles. The molecular weight excluding hydrogens is 470 g/mol. The molecule has 9 heteroatoms. The molecule has 2 aliphatic rings. The van der Waals surface area contributed by atoms with Gasteiger partial charge in [-0.2, -0.15) is 0 Å². The second-order valence-corrected chi connectivity index (χ2v) is 9.21. The molecule has 0 bridgehead atoms. The number of H-pyrrole nitrogens is 1. The van der Waals surface area contributed by atoms with Gasteiger partial charge >= 0.3 is 0 Å². The summed E-state index contributed by atoms with van der Waals surface area (Å²) in [5.74, 6) is 1.41. The lowest BCUT2D eigenvalue weighted by Crippen LogP contribution is -2.33. The van der Waals surface area contributed by atoms with E-state index in [1.54, 1.807) is 23.1 Å². The van der Waals surface area contributed by atoms with Gasteiger partial charge in [-0.05, 0) is 42.3 Å². The number of nitrogens with one attached hydrogen (secondary N) is 2. The number of hydrogen-bond donors (Lipinski definition) is 2. The zero-order valence-corrected chi connectivity index (χ0v) is 19.8. The number of fused-ring (bicyclic) bond motifs is 5. The van der Waals surface area contributed by atoms with Crippen LogP contribution in [0.15, 0.2) is 72.9 Å². The number of anilines is 2. The average molecular weight is 494 g/mol. The number of rotatable bonds is 6. The van der Waals surface area contributed by atoms with Crippen molar-refractivity contribution in [2.75, 3.05) is 23.6 Å². The van der Waals surface area contributed by atoms with Crippen LogP contribution in [-0.2, 0) is 16.0 Å². The van der Waals surface area contributed by atoms with Crippen LogP contribution in [0.1, 0.15) is 18.0 Å². The summed E-state index contributed by atoms with van der Waals surface area (Å²) in [7, 11) is 0. The molecule has 0 spiro atoms. The lowest BCUT2D eigenvalue weighted by molar-refractivity contribution is -0.124. The normalized spacial score (nSPS) is 16.1. The van der Waals surface area contributed by atoms with Crippen LogP contribution in [0, 0.1) is 0 Å². The van der Waals surface area contributed by atoms with Crippen molar-refractivity contribution < 1.29 is 19.1 Å². The first-order valence-corrected chi connectivity index (χ1v) is 12.2. The van der Waals surface area contributed by atoms with Gasteiger partial charge in [0.2, 0.25) is 18.6 Å². The van der Waals surface area contributed by atoms with Crippen molar-refractivity contribution in [3.8, 4) is 11.5 Å². The molecule has 0 saturated carbocycles. The second kappa shape index (κ2) is 8.41. The monoisotopic (exact) mass is 493 g/mol. The average Bonchev–Trinajstić information content (AvgIpc) is 3.67. The number of hydrogen-bond acceptors (Lipinski definition) is 5. The Morgan fingerprint density at radius 3 is 2.84 bits per heavy atom. The first-order chi connectivity index (χ1) is 18.2. The predicted octanol–water partition coefficient (Wildman–Crippen LogP) is 4.41. The Hall–Kier alpha value is -4.79. The summed E-state index contributed by atoms with van der Waals surface area (Å²) < 4.78 is 12.6. The highest BCUT2D eigenvalue weighted by Gasteiger charge is 2.40. The van der Waals surface area contributed by atoms with Gasteiger partial charge in [-0.1, -0.05) is 30.3 Å². The molecule has 2 amide bonds. The molecule has 3 aromatic carbocycles. The van der Waals surface area contributed by atoms with Gasteiger partial charge in [0, 0.05) is 35.4 Å². The summed E-state index contributed by atoms with van der Waals surface area (Å²) in [6, 6.07) is 20.4. The molecule has 4 heterocycles. The van der Waals surface area contributed by atoms with Gasteiger partial charge in [-0.15, -0.1) is 0 Å². The van der Waals surface area contributed by atoms with E-state index in [9.17, 15) is 9.59 Å². The van der Waals surface area contributed by atoms with E-state index >= 15 is 0 Å². The van der Waals surface area contributed by atoms with Crippen LogP contribution in [0.2, 0.25) is 0 Å². The van der Waals surface area contributed by atoms with E-state index in [1.165, 1.54) is 0 Å². The number of imidazole rings is 1. The van der Waals surface area contributed by atoms with Crippen molar-refractivity contribution in [2.24, 2.45) is 0 Å². The highest BCUT2D eigenvalue weighted by Crippen LogP contribution is 2.38. The minimum atomic E-state index is -0.681. The lowest BCUT2D eigenvalue weighted by atomic mass is 10.1. The molecule has 2 aliphatic heterocycles. The standard InChI is InChI=1S/C28H23N5O4/c34-26(30-18-9-10-24-25(13-18)37-16-36-24)14-23-27(35)32(28-31-21-7-3-4-8-22(21)33(23)28)12-11-17-15-29-20-6-2-1-5-19(17)20/h1-10,13,15,23,29H,11-12,14,16H2,(H,30,34)/t23-/m1/s1. The van der Waals surface area contributed by atoms with Crippen LogP contribution in [-0.4, -0.2) is 39.7 Å². The van der Waals surface area contributed by atoms with Crippen molar-refractivity contribution in [1.82, 2.24) is 14.5 Å². The molecule has 184 valence electrons. The largest absolute Gasteiger partial charge is 0.454 e. The summed E-state index contributed by atoms with van der Waals surface area (Å²) in [6.45, 7) is 0.623. The zero-order valence-electron chi connectivity index (χ0n) is 19.8. The molecular formula is C28H23N5O4. The number of amides is 2. The predicted molar refractivity (Wildman–Crippen MR) is 139 cm³/mol. The van der Waals surface area contributed by atoms with E-state index < -0.39 is 6.04 Å². The van der Waals surface area contributed by atoms with E-state index in [0.29, 0.717) is 36.1 Å². The summed E-state index contributed by atoms with van der Waals surface area (Å²) >= 11 is 0. The summed E-state index contributed by atoms with van der Waals surface area (Å²) in [5.41, 5.74) is 4.42. The number of nitrogens with zero attached hydrogens (tertiary/aromatic N) is 3. The number of para-hydroxylation sites is 3. The number of carbonyl (C=O) groups is 2. The molecule has 2 N–H and O–H groups in total. The Kier molecular flexibility index (Phi) is 4.88. The van der Waals surface area contributed by atoms with Crippen LogP contribution in [0.4, 0.5) is 11.6 Å². The number of aromatic amines is 1. The lowest BCUT2D eigenvalue weighted by Gasteiger charge is -2.16. The van der Waals surface area contributed by atoms with Crippen molar-refractivity contribution >= 4 is 45.4 Å². The van der Waals surface area contributed by atoms with Crippen molar-refractivity contribution in [1.29, 1.82) is 0 Å². The molecule has 7 rings (SSSR count). The fourth-order valence-corrected chi connectivity index (χ4v) is 5.24. The zero-order chi connectivity index (χ0) is 24.9. The highest BCUT2D eigenvalue weighted by atomic mass is 16.7. The number of aromatic nitrogens is 3. The van der Waals surface area contributed by atoms with Crippen LogP contribution >= 0.6 is 0 Å². The van der Waals surface area contributed by atoms with Gasteiger partial charge in [-0.25, -0.2) is 4.98 Å². The summed E-state index contributed by atoms with van der Waals surface area (Å²) in [4.78, 5) is 36.5. The van der Waals surface area contributed by atoms with Crippen molar-refractivity contribution in [2.45, 2.75) is 18.9 Å².